The molecule has 0 unspecified atom stereocenters. The monoisotopic (exact) mass is 550 g/mol. The van der Waals surface area contributed by atoms with Crippen molar-refractivity contribution in [1.29, 1.82) is 0 Å². The maximum absolute atomic E-state index is 13.1. The number of halogens is 2. The van der Waals surface area contributed by atoms with Gasteiger partial charge in [0.05, 0.1) is 34.2 Å². The number of rotatable bonds is 7. The molecule has 10 nitrogen and oxygen atoms in total. The van der Waals surface area contributed by atoms with Gasteiger partial charge in [0, 0.05) is 22.0 Å². The lowest BCUT2D eigenvalue weighted by Gasteiger charge is -2.14. The standard InChI is InChI=1S/C22H20BrClN4O6/c1-11(2)20-26-17-6-5-14(23)9-15(17)21(29)27(20)25-10-13-7-16(24)19(18(8-13)28(31)32)34-12(3)22(30)33-4/h5-12H,1-4H3/t12-/m1/s1. The van der Waals surface area contributed by atoms with E-state index in [1.54, 1.807) is 18.2 Å². The Morgan fingerprint density at radius 3 is 2.62 bits per heavy atom. The molecule has 12 heteroatoms. The number of carbonyl (C=O) groups excluding carboxylic acids is 1. The average molecular weight is 552 g/mol. The van der Waals surface area contributed by atoms with Gasteiger partial charge in [0.1, 0.15) is 5.82 Å². The van der Waals surface area contributed by atoms with Crippen molar-refractivity contribution in [2.24, 2.45) is 5.10 Å². The Kier molecular flexibility index (Phi) is 7.68. The first kappa shape index (κ1) is 25.3. The second-order valence-corrected chi connectivity index (χ2v) is 8.86. The summed E-state index contributed by atoms with van der Waals surface area (Å²) < 4.78 is 11.8. The number of nitrogens with zero attached hydrogens (tertiary/aromatic N) is 4. The number of aromatic nitrogens is 2. The molecule has 0 bridgehead atoms. The van der Waals surface area contributed by atoms with E-state index in [-0.39, 0.29) is 22.3 Å². The minimum absolute atomic E-state index is 0.108. The maximum atomic E-state index is 13.1. The van der Waals surface area contributed by atoms with E-state index in [0.29, 0.717) is 21.2 Å². The highest BCUT2D eigenvalue weighted by Gasteiger charge is 2.25. The fourth-order valence-corrected chi connectivity index (χ4v) is 3.72. The van der Waals surface area contributed by atoms with E-state index in [0.717, 1.165) is 4.68 Å². The first-order chi connectivity index (χ1) is 16.0. The van der Waals surface area contributed by atoms with Crippen LogP contribution in [0, 0.1) is 10.1 Å². The van der Waals surface area contributed by atoms with Crippen LogP contribution in [-0.2, 0) is 9.53 Å². The maximum Gasteiger partial charge on any atom is 0.346 e. The third kappa shape index (κ3) is 5.26. The lowest BCUT2D eigenvalue weighted by Crippen LogP contribution is -2.25. The average Bonchev–Trinajstić information content (AvgIpc) is 2.79. The summed E-state index contributed by atoms with van der Waals surface area (Å²) in [7, 11) is 1.17. The van der Waals surface area contributed by atoms with Gasteiger partial charge in [-0.15, -0.1) is 0 Å². The van der Waals surface area contributed by atoms with E-state index < -0.39 is 28.2 Å². The molecule has 0 aliphatic heterocycles. The number of carbonyl (C=O) groups is 1. The van der Waals surface area contributed by atoms with E-state index in [4.69, 9.17) is 16.3 Å². The van der Waals surface area contributed by atoms with Crippen LogP contribution >= 0.6 is 27.5 Å². The summed E-state index contributed by atoms with van der Waals surface area (Å²) in [5.41, 5.74) is -0.0885. The molecule has 0 fully saturated rings. The summed E-state index contributed by atoms with van der Waals surface area (Å²) in [4.78, 5) is 40.3. The van der Waals surface area contributed by atoms with Crippen molar-refractivity contribution in [2.75, 3.05) is 7.11 Å². The van der Waals surface area contributed by atoms with Crippen molar-refractivity contribution >= 4 is 56.3 Å². The van der Waals surface area contributed by atoms with Gasteiger partial charge in [0.15, 0.2) is 6.10 Å². The Hall–Kier alpha value is -3.31. The van der Waals surface area contributed by atoms with Crippen LogP contribution in [0.25, 0.3) is 10.9 Å². The van der Waals surface area contributed by atoms with E-state index >= 15 is 0 Å². The van der Waals surface area contributed by atoms with E-state index in [1.807, 2.05) is 13.8 Å². The van der Waals surface area contributed by atoms with Gasteiger partial charge in [0.2, 0.25) is 5.75 Å². The summed E-state index contributed by atoms with van der Waals surface area (Å²) in [6.07, 6.45) is 0.154. The number of esters is 1. The van der Waals surface area contributed by atoms with Crippen molar-refractivity contribution in [3.05, 3.63) is 71.7 Å². The number of methoxy groups -OCH3 is 1. The van der Waals surface area contributed by atoms with Crippen LogP contribution in [0.3, 0.4) is 0 Å². The number of benzene rings is 2. The third-order valence-corrected chi connectivity index (χ3v) is 5.52. The molecule has 0 aliphatic carbocycles. The quantitative estimate of drug-likeness (QED) is 0.181. The molecule has 0 saturated carbocycles. The predicted molar refractivity (Wildman–Crippen MR) is 131 cm³/mol. The smallest absolute Gasteiger partial charge is 0.346 e. The zero-order valence-corrected chi connectivity index (χ0v) is 21.0. The molecule has 3 rings (SSSR count). The van der Waals surface area contributed by atoms with Gasteiger partial charge >= 0.3 is 11.7 Å². The van der Waals surface area contributed by atoms with Crippen LogP contribution in [0.15, 0.2) is 44.7 Å². The number of hydrogen-bond donors (Lipinski definition) is 0. The first-order valence-corrected chi connectivity index (χ1v) is 11.2. The van der Waals surface area contributed by atoms with Crippen molar-refractivity contribution < 1.29 is 19.2 Å². The lowest BCUT2D eigenvalue weighted by molar-refractivity contribution is -0.386. The molecular formula is C22H20BrClN4O6. The number of hydrogen-bond acceptors (Lipinski definition) is 8. The lowest BCUT2D eigenvalue weighted by atomic mass is 10.2. The summed E-state index contributed by atoms with van der Waals surface area (Å²) in [6, 6.07) is 7.73. The summed E-state index contributed by atoms with van der Waals surface area (Å²) in [5, 5.41) is 16.1. The topological polar surface area (TPSA) is 126 Å². The molecule has 3 aromatic rings. The van der Waals surface area contributed by atoms with Crippen molar-refractivity contribution in [3.63, 3.8) is 0 Å². The van der Waals surface area contributed by atoms with Gasteiger partial charge in [-0.05, 0) is 31.2 Å². The highest BCUT2D eigenvalue weighted by molar-refractivity contribution is 9.10. The van der Waals surface area contributed by atoms with Crippen LogP contribution in [0.4, 0.5) is 5.69 Å². The van der Waals surface area contributed by atoms with Crippen LogP contribution < -0.4 is 10.3 Å². The highest BCUT2D eigenvalue weighted by Crippen LogP contribution is 2.36. The van der Waals surface area contributed by atoms with Crippen molar-refractivity contribution in [1.82, 2.24) is 9.66 Å². The first-order valence-electron chi connectivity index (χ1n) is 10.0. The Labute approximate surface area is 207 Å². The van der Waals surface area contributed by atoms with E-state index in [2.05, 4.69) is 30.8 Å². The van der Waals surface area contributed by atoms with Crippen LogP contribution in [0.5, 0.6) is 5.75 Å². The summed E-state index contributed by atoms with van der Waals surface area (Å²) in [5.74, 6) is -0.707. The van der Waals surface area contributed by atoms with Crippen LogP contribution in [0.1, 0.15) is 38.1 Å². The Morgan fingerprint density at radius 2 is 2.00 bits per heavy atom. The van der Waals surface area contributed by atoms with Crippen LogP contribution in [0.2, 0.25) is 5.02 Å². The molecule has 0 saturated heterocycles. The minimum atomic E-state index is -1.11. The van der Waals surface area contributed by atoms with Gasteiger partial charge in [-0.3, -0.25) is 14.9 Å². The molecule has 0 N–H and O–H groups in total. The molecule has 1 heterocycles. The Morgan fingerprint density at radius 1 is 1.29 bits per heavy atom. The molecule has 0 radical (unpaired) electrons. The third-order valence-electron chi connectivity index (χ3n) is 4.74. The Balaban J connectivity index is 2.10. The van der Waals surface area contributed by atoms with E-state index in [9.17, 15) is 19.7 Å². The molecule has 0 spiro atoms. The second-order valence-electron chi connectivity index (χ2n) is 7.54. The SMILES string of the molecule is COC(=O)[C@@H](C)Oc1c(Cl)cc(C=Nn2c(C(C)C)nc3ccc(Br)cc3c2=O)cc1[N+](=O)[O-]. The van der Waals surface area contributed by atoms with Gasteiger partial charge in [-0.2, -0.15) is 9.78 Å². The van der Waals surface area contributed by atoms with E-state index in [1.165, 1.54) is 32.4 Å². The summed E-state index contributed by atoms with van der Waals surface area (Å²) >= 11 is 9.58. The largest absolute Gasteiger partial charge is 0.471 e. The predicted octanol–water partition coefficient (Wildman–Crippen LogP) is 4.67. The molecule has 178 valence electrons. The number of ether oxygens (including phenoxy) is 2. The molecule has 34 heavy (non-hydrogen) atoms. The van der Waals surface area contributed by atoms with Gasteiger partial charge in [-0.25, -0.2) is 9.78 Å². The van der Waals surface area contributed by atoms with Crippen LogP contribution in [-0.4, -0.2) is 40.0 Å². The molecule has 2 aromatic carbocycles. The molecule has 0 amide bonds. The minimum Gasteiger partial charge on any atom is -0.471 e. The zero-order chi connectivity index (χ0) is 25.2. The molecular weight excluding hydrogens is 532 g/mol. The van der Waals surface area contributed by atoms with Gasteiger partial charge in [-0.1, -0.05) is 41.4 Å². The fraction of sp³-hybridized carbons (Fsp3) is 0.273. The highest BCUT2D eigenvalue weighted by atomic mass is 79.9. The molecule has 1 aromatic heterocycles. The van der Waals surface area contributed by atoms with Crippen molar-refractivity contribution in [3.8, 4) is 5.75 Å². The summed E-state index contributed by atoms with van der Waals surface area (Å²) in [6.45, 7) is 5.12. The van der Waals surface area contributed by atoms with Gasteiger partial charge in [0.25, 0.3) is 5.56 Å². The second kappa shape index (κ2) is 10.3. The molecule has 1 atom stereocenters. The molecule has 0 aliphatic rings. The fourth-order valence-electron chi connectivity index (χ4n) is 3.09. The van der Waals surface area contributed by atoms with Gasteiger partial charge < -0.3 is 9.47 Å². The number of fused-ring (bicyclic) bond motifs is 1. The van der Waals surface area contributed by atoms with Crippen molar-refractivity contribution in [2.45, 2.75) is 32.8 Å². The number of nitro benzene ring substituents is 1. The Bertz CT molecular complexity index is 1370. The normalized spacial score (nSPS) is 12.3. The number of nitro groups is 1. The zero-order valence-electron chi connectivity index (χ0n) is 18.6.